The average molecular weight is 383 g/mol. The lowest BCUT2D eigenvalue weighted by Crippen LogP contribution is -1.85. The Morgan fingerprint density at radius 1 is 0.680 bits per heavy atom. The molecule has 0 aromatic heterocycles. The van der Waals surface area contributed by atoms with Crippen LogP contribution in [0.25, 0.3) is 0 Å². The van der Waals surface area contributed by atoms with Gasteiger partial charge in [-0.15, -0.1) is 23.2 Å². The number of carbonyl (C=O) groups excluding carboxylic acids is 2. The minimum absolute atomic E-state index is 1.03. The molecule has 2 aromatic carbocycles. The second-order valence-corrected chi connectivity index (χ2v) is 3.78. The Morgan fingerprint density at radius 3 is 1.12 bits per heavy atom. The molecule has 0 saturated heterocycles. The molecule has 136 valence electrons. The van der Waals surface area contributed by atoms with Crippen LogP contribution >= 0.6 is 23.2 Å². The largest absolute Gasteiger partial charge is 0.234 e. The van der Waals surface area contributed by atoms with E-state index in [-0.39, 0.29) is 0 Å². The fourth-order valence-electron chi connectivity index (χ4n) is 1.43. The SMILES string of the molecule is CCl.CCl.CN=C=O.CN=C=O.c1ccc(Cc2ccccc2)cc1. The molecule has 0 N–H and O–H groups in total. The Hall–Kier alpha value is -2.22. The van der Waals surface area contributed by atoms with E-state index in [1.54, 1.807) is 0 Å². The summed E-state index contributed by atoms with van der Waals surface area (Å²) in [5.74, 6) is 0. The molecule has 6 heteroatoms. The molecule has 0 aliphatic heterocycles. The summed E-state index contributed by atoms with van der Waals surface area (Å²) in [6, 6.07) is 21.1. The Labute approximate surface area is 160 Å². The van der Waals surface area contributed by atoms with Gasteiger partial charge in [-0.2, -0.15) is 0 Å². The van der Waals surface area contributed by atoms with Gasteiger partial charge >= 0.3 is 0 Å². The van der Waals surface area contributed by atoms with E-state index in [0.29, 0.717) is 0 Å². The van der Waals surface area contributed by atoms with Gasteiger partial charge in [-0.25, -0.2) is 19.6 Å². The highest BCUT2D eigenvalue weighted by atomic mass is 35.5. The lowest BCUT2D eigenvalue weighted by molar-refractivity contribution is 0.564. The molecule has 0 bridgehead atoms. The molecule has 0 heterocycles. The molecule has 0 radical (unpaired) electrons. The van der Waals surface area contributed by atoms with E-state index < -0.39 is 0 Å². The molecule has 0 aliphatic rings. The van der Waals surface area contributed by atoms with Crippen molar-refractivity contribution in [3.63, 3.8) is 0 Å². The average Bonchev–Trinajstić information content (AvgIpc) is 2.73. The lowest BCUT2D eigenvalue weighted by atomic mass is 10.1. The van der Waals surface area contributed by atoms with E-state index >= 15 is 0 Å². The van der Waals surface area contributed by atoms with Crippen LogP contribution in [-0.4, -0.2) is 39.0 Å². The van der Waals surface area contributed by atoms with E-state index in [1.165, 1.54) is 50.1 Å². The Bertz CT molecular complexity index is 527. The molecule has 0 spiro atoms. The van der Waals surface area contributed by atoms with Crippen molar-refractivity contribution in [2.24, 2.45) is 9.98 Å². The molecule has 0 fully saturated rings. The minimum Gasteiger partial charge on any atom is -0.211 e. The van der Waals surface area contributed by atoms with Crippen molar-refractivity contribution in [2.75, 3.05) is 26.9 Å². The number of alkyl halides is 2. The molecule has 4 nitrogen and oxygen atoms in total. The van der Waals surface area contributed by atoms with Crippen molar-refractivity contribution in [1.29, 1.82) is 0 Å². The number of aliphatic imine (C=N–C) groups is 2. The first-order valence-corrected chi connectivity index (χ1v) is 8.55. The highest BCUT2D eigenvalue weighted by Gasteiger charge is 1.92. The monoisotopic (exact) mass is 382 g/mol. The number of nitrogens with zero attached hydrogens (tertiary/aromatic N) is 2. The van der Waals surface area contributed by atoms with Crippen LogP contribution in [0.15, 0.2) is 70.6 Å². The summed E-state index contributed by atoms with van der Waals surface area (Å²) in [6.07, 6.45) is 6.58. The van der Waals surface area contributed by atoms with Crippen molar-refractivity contribution < 1.29 is 9.59 Å². The number of benzene rings is 2. The predicted molar refractivity (Wildman–Crippen MR) is 107 cm³/mol. The molecule has 25 heavy (non-hydrogen) atoms. The number of hydrogen-bond acceptors (Lipinski definition) is 4. The number of isocyanates is 2. The molecule has 0 aliphatic carbocycles. The van der Waals surface area contributed by atoms with Gasteiger partial charge in [0, 0.05) is 26.9 Å². The van der Waals surface area contributed by atoms with Gasteiger partial charge in [0.25, 0.3) is 0 Å². The van der Waals surface area contributed by atoms with Gasteiger partial charge in [0.2, 0.25) is 12.2 Å². The molecule has 2 aromatic rings. The topological polar surface area (TPSA) is 58.9 Å². The maximum absolute atomic E-state index is 8.88. The fourth-order valence-corrected chi connectivity index (χ4v) is 1.43. The van der Waals surface area contributed by atoms with Crippen LogP contribution in [0.2, 0.25) is 0 Å². The number of hydrogen-bond donors (Lipinski definition) is 0. The lowest BCUT2D eigenvalue weighted by Gasteiger charge is -2.00. The Balaban J connectivity index is -0.000000339. The summed E-state index contributed by atoms with van der Waals surface area (Å²) in [6.45, 7) is 0. The zero-order valence-corrected chi connectivity index (χ0v) is 16.5. The first-order valence-electron chi connectivity index (χ1n) is 7.03. The number of halogens is 2. The van der Waals surface area contributed by atoms with Gasteiger partial charge in [0.15, 0.2) is 0 Å². The van der Waals surface area contributed by atoms with Crippen molar-refractivity contribution >= 4 is 35.4 Å². The third-order valence-corrected chi connectivity index (χ3v) is 2.28. The van der Waals surface area contributed by atoms with Crippen LogP contribution in [0.1, 0.15) is 11.1 Å². The predicted octanol–water partition coefficient (Wildman–Crippen LogP) is 4.89. The van der Waals surface area contributed by atoms with Gasteiger partial charge in [0.05, 0.1) is 0 Å². The molecule has 0 amide bonds. The zero-order chi connectivity index (χ0) is 19.8. The summed E-state index contributed by atoms with van der Waals surface area (Å²) in [7, 11) is 2.76. The van der Waals surface area contributed by atoms with Crippen LogP contribution in [0.3, 0.4) is 0 Å². The third kappa shape index (κ3) is 21.8. The maximum atomic E-state index is 8.88. The van der Waals surface area contributed by atoms with Crippen LogP contribution in [-0.2, 0) is 16.0 Å². The van der Waals surface area contributed by atoms with E-state index in [2.05, 4.69) is 93.9 Å². The van der Waals surface area contributed by atoms with Gasteiger partial charge in [0.1, 0.15) is 0 Å². The molecule has 0 unspecified atom stereocenters. The normalized spacial score (nSPS) is 6.96. The first-order chi connectivity index (χ1) is 12.3. The van der Waals surface area contributed by atoms with Crippen molar-refractivity contribution in [1.82, 2.24) is 0 Å². The van der Waals surface area contributed by atoms with Crippen LogP contribution in [0, 0.1) is 0 Å². The first kappa shape index (κ1) is 27.6. The molecular weight excluding hydrogens is 359 g/mol. The van der Waals surface area contributed by atoms with Crippen LogP contribution in [0.5, 0.6) is 0 Å². The second-order valence-electron chi connectivity index (χ2n) is 3.78. The fraction of sp³-hybridized carbons (Fsp3) is 0.263. The third-order valence-electron chi connectivity index (χ3n) is 2.28. The highest BCUT2D eigenvalue weighted by Crippen LogP contribution is 2.07. The standard InChI is InChI=1S/C13H12.2C2H3NO.2CH3Cl/c1-3-7-12(8-4-1)11-13-9-5-2-6-10-13;2*1-3-2-4;2*1-2/h1-10H,11H2;2*1H3;2*1H3. The van der Waals surface area contributed by atoms with Gasteiger partial charge < -0.3 is 0 Å². The summed E-state index contributed by atoms with van der Waals surface area (Å²) >= 11 is 9.28. The smallest absolute Gasteiger partial charge is 0.211 e. The molecule has 2 rings (SSSR count). The minimum atomic E-state index is 1.03. The van der Waals surface area contributed by atoms with E-state index in [0.717, 1.165) is 6.42 Å². The van der Waals surface area contributed by atoms with Gasteiger partial charge in [-0.05, 0) is 17.5 Å². The molecule has 0 atom stereocenters. The molecule has 0 saturated carbocycles. The highest BCUT2D eigenvalue weighted by molar-refractivity contribution is 6.15. The Morgan fingerprint density at radius 2 is 0.920 bits per heavy atom. The van der Waals surface area contributed by atoms with Crippen LogP contribution < -0.4 is 0 Å². The van der Waals surface area contributed by atoms with E-state index in [4.69, 9.17) is 9.59 Å². The van der Waals surface area contributed by atoms with Crippen molar-refractivity contribution in [3.05, 3.63) is 71.8 Å². The van der Waals surface area contributed by atoms with E-state index in [9.17, 15) is 0 Å². The summed E-state index contributed by atoms with van der Waals surface area (Å²) in [5, 5.41) is 0. The summed E-state index contributed by atoms with van der Waals surface area (Å²) < 4.78 is 0. The van der Waals surface area contributed by atoms with E-state index in [1.807, 2.05) is 0 Å². The maximum Gasteiger partial charge on any atom is 0.234 e. The summed E-state index contributed by atoms with van der Waals surface area (Å²) in [5.41, 5.74) is 2.74. The Kier molecular flexibility index (Phi) is 29.5. The van der Waals surface area contributed by atoms with Crippen molar-refractivity contribution in [2.45, 2.75) is 6.42 Å². The quantitative estimate of drug-likeness (QED) is 0.421. The number of rotatable bonds is 2. The van der Waals surface area contributed by atoms with Crippen molar-refractivity contribution in [3.8, 4) is 0 Å². The molecular formula is C19H24Cl2N2O2. The van der Waals surface area contributed by atoms with Gasteiger partial charge in [-0.1, -0.05) is 60.7 Å². The van der Waals surface area contributed by atoms with Gasteiger partial charge in [-0.3, -0.25) is 0 Å². The zero-order valence-electron chi connectivity index (χ0n) is 14.9. The summed E-state index contributed by atoms with van der Waals surface area (Å²) in [4.78, 5) is 23.6. The van der Waals surface area contributed by atoms with Crippen LogP contribution in [0.4, 0.5) is 0 Å². The second kappa shape index (κ2) is 26.7.